The molecule has 3 heterocycles. The number of hydrogen-bond acceptors (Lipinski definition) is 4. The van der Waals surface area contributed by atoms with Gasteiger partial charge in [0.05, 0.1) is 18.2 Å². The van der Waals surface area contributed by atoms with E-state index in [0.29, 0.717) is 6.42 Å². The maximum absolute atomic E-state index is 12.8. The van der Waals surface area contributed by atoms with Crippen LogP contribution in [0.25, 0.3) is 0 Å². The summed E-state index contributed by atoms with van der Waals surface area (Å²) in [5.41, 5.74) is 0.731. The lowest BCUT2D eigenvalue weighted by Gasteiger charge is -2.54. The maximum atomic E-state index is 12.8. The van der Waals surface area contributed by atoms with Crippen LogP contribution in [0.15, 0.2) is 24.3 Å². The van der Waals surface area contributed by atoms with Gasteiger partial charge < -0.3 is 19.5 Å². The molecule has 3 aliphatic rings. The Morgan fingerprint density at radius 2 is 2.04 bits per heavy atom. The molecule has 6 nitrogen and oxygen atoms in total. The van der Waals surface area contributed by atoms with Crippen LogP contribution < -0.4 is 4.74 Å². The molecule has 1 N–H and O–H groups in total. The molecule has 0 radical (unpaired) electrons. The van der Waals surface area contributed by atoms with E-state index in [9.17, 15) is 9.59 Å². The van der Waals surface area contributed by atoms with E-state index in [0.717, 1.165) is 37.1 Å². The second-order valence-corrected chi connectivity index (χ2v) is 8.72. The van der Waals surface area contributed by atoms with Gasteiger partial charge in [-0.25, -0.2) is 0 Å². The molecule has 0 saturated carbocycles. The Hall–Kier alpha value is -2.08. The quantitative estimate of drug-likeness (QED) is 0.855. The summed E-state index contributed by atoms with van der Waals surface area (Å²) in [5, 5.41) is 8.83. The standard InChI is InChI=1S/C22H29NO5/c1-22(2)15-13-16-18(27-21(15)14-7-3-4-8-17(14)28-22)9-6-12-23(16)19(24)10-5-11-20(25)26/h3-4,7-8,15-16,18,21H,5-6,9-13H2,1-2H3,(H,25,26)/t15-,16-,18-,21+/m0/s1. The zero-order chi connectivity index (χ0) is 19.9. The number of carbonyl (C=O) groups excluding carboxylic acids is 1. The number of para-hydroxylation sites is 1. The molecule has 4 rings (SSSR count). The summed E-state index contributed by atoms with van der Waals surface area (Å²) in [4.78, 5) is 25.5. The lowest BCUT2D eigenvalue weighted by molar-refractivity contribution is -0.193. The first-order valence-corrected chi connectivity index (χ1v) is 10.3. The van der Waals surface area contributed by atoms with Gasteiger partial charge in [0, 0.05) is 30.9 Å². The average molecular weight is 387 g/mol. The Labute approximate surface area is 165 Å². The Balaban J connectivity index is 1.54. The first-order valence-electron chi connectivity index (χ1n) is 10.3. The summed E-state index contributed by atoms with van der Waals surface area (Å²) >= 11 is 0. The van der Waals surface area contributed by atoms with Gasteiger partial charge in [0.2, 0.25) is 5.91 Å². The van der Waals surface area contributed by atoms with Crippen LogP contribution in [-0.2, 0) is 14.3 Å². The Morgan fingerprint density at radius 3 is 2.82 bits per heavy atom. The third-order valence-electron chi connectivity index (χ3n) is 6.49. The molecule has 0 bridgehead atoms. The van der Waals surface area contributed by atoms with Crippen molar-refractivity contribution in [3.63, 3.8) is 0 Å². The van der Waals surface area contributed by atoms with Crippen molar-refractivity contribution < 1.29 is 24.2 Å². The van der Waals surface area contributed by atoms with Crippen LogP contribution in [0.3, 0.4) is 0 Å². The lowest BCUT2D eigenvalue weighted by Crippen LogP contribution is -2.60. The highest BCUT2D eigenvalue weighted by Crippen LogP contribution is 2.52. The minimum absolute atomic E-state index is 0.0109. The van der Waals surface area contributed by atoms with Crippen molar-refractivity contribution in [2.24, 2.45) is 5.92 Å². The smallest absolute Gasteiger partial charge is 0.303 e. The van der Waals surface area contributed by atoms with E-state index in [1.54, 1.807) is 0 Å². The number of piperidine rings is 1. The predicted molar refractivity (Wildman–Crippen MR) is 103 cm³/mol. The molecule has 0 unspecified atom stereocenters. The van der Waals surface area contributed by atoms with Gasteiger partial charge in [-0.1, -0.05) is 18.2 Å². The molecule has 3 aliphatic heterocycles. The number of fused-ring (bicyclic) bond motifs is 4. The van der Waals surface area contributed by atoms with E-state index in [2.05, 4.69) is 19.9 Å². The molecule has 0 spiro atoms. The molecular formula is C22H29NO5. The van der Waals surface area contributed by atoms with Crippen LogP contribution >= 0.6 is 0 Å². The number of likely N-dealkylation sites (tertiary alicyclic amines) is 1. The Bertz CT molecular complexity index is 761. The molecule has 6 heteroatoms. The largest absolute Gasteiger partial charge is 0.487 e. The number of ether oxygens (including phenoxy) is 2. The van der Waals surface area contributed by atoms with Crippen LogP contribution in [0, 0.1) is 5.92 Å². The van der Waals surface area contributed by atoms with Crippen molar-refractivity contribution >= 4 is 11.9 Å². The highest BCUT2D eigenvalue weighted by molar-refractivity contribution is 5.77. The molecule has 0 aromatic heterocycles. The van der Waals surface area contributed by atoms with E-state index in [1.807, 2.05) is 23.1 Å². The van der Waals surface area contributed by atoms with Crippen molar-refractivity contribution in [2.75, 3.05) is 6.54 Å². The second kappa shape index (κ2) is 7.39. The third kappa shape index (κ3) is 3.50. The van der Waals surface area contributed by atoms with Crippen molar-refractivity contribution in [1.29, 1.82) is 0 Å². The SMILES string of the molecule is CC1(C)Oc2ccccc2[C@H]2O[C@H]3CCCN(C(=O)CCCC(=O)O)[C@H]3C[C@@H]21. The summed E-state index contributed by atoms with van der Waals surface area (Å²) in [6, 6.07) is 8.13. The molecule has 152 valence electrons. The summed E-state index contributed by atoms with van der Waals surface area (Å²) in [6.45, 7) is 4.93. The van der Waals surface area contributed by atoms with Gasteiger partial charge in [-0.15, -0.1) is 0 Å². The number of carbonyl (C=O) groups is 2. The number of benzene rings is 1. The van der Waals surface area contributed by atoms with Gasteiger partial charge in [-0.2, -0.15) is 0 Å². The van der Waals surface area contributed by atoms with Crippen LogP contribution in [0.4, 0.5) is 0 Å². The fourth-order valence-electron chi connectivity index (χ4n) is 5.08. The summed E-state index contributed by atoms with van der Waals surface area (Å²) in [5.74, 6) is 0.251. The van der Waals surface area contributed by atoms with Gasteiger partial charge in [0.25, 0.3) is 0 Å². The van der Waals surface area contributed by atoms with Gasteiger partial charge in [-0.05, 0) is 45.6 Å². The molecule has 0 aliphatic carbocycles. The Morgan fingerprint density at radius 1 is 1.25 bits per heavy atom. The first-order chi connectivity index (χ1) is 13.4. The minimum atomic E-state index is -0.854. The highest BCUT2D eigenvalue weighted by atomic mass is 16.5. The normalized spacial score (nSPS) is 30.4. The number of amides is 1. The van der Waals surface area contributed by atoms with Crippen molar-refractivity contribution in [3.8, 4) is 5.75 Å². The molecular weight excluding hydrogens is 358 g/mol. The van der Waals surface area contributed by atoms with E-state index in [-0.39, 0.29) is 48.5 Å². The summed E-state index contributed by atoms with van der Waals surface area (Å²) in [7, 11) is 0. The monoisotopic (exact) mass is 387 g/mol. The fourth-order valence-corrected chi connectivity index (χ4v) is 5.08. The molecule has 2 fully saturated rings. The fraction of sp³-hybridized carbons (Fsp3) is 0.636. The van der Waals surface area contributed by atoms with Crippen molar-refractivity contribution in [3.05, 3.63) is 29.8 Å². The van der Waals surface area contributed by atoms with Gasteiger partial charge in [-0.3, -0.25) is 9.59 Å². The van der Waals surface area contributed by atoms with Crippen molar-refractivity contribution in [2.45, 2.75) is 76.2 Å². The maximum Gasteiger partial charge on any atom is 0.303 e. The number of nitrogens with zero attached hydrogens (tertiary/aromatic N) is 1. The summed E-state index contributed by atoms with van der Waals surface area (Å²) < 4.78 is 12.9. The summed E-state index contributed by atoms with van der Waals surface area (Å²) in [6.07, 6.45) is 3.45. The number of hydrogen-bond donors (Lipinski definition) is 1. The minimum Gasteiger partial charge on any atom is -0.487 e. The van der Waals surface area contributed by atoms with Crippen LogP contribution in [0.2, 0.25) is 0 Å². The number of aliphatic carboxylic acids is 1. The van der Waals surface area contributed by atoms with E-state index < -0.39 is 5.97 Å². The lowest BCUT2D eigenvalue weighted by atomic mass is 9.72. The first kappa shape index (κ1) is 19.2. The van der Waals surface area contributed by atoms with E-state index in [4.69, 9.17) is 14.6 Å². The van der Waals surface area contributed by atoms with Crippen LogP contribution in [-0.4, -0.2) is 46.2 Å². The molecule has 1 aromatic carbocycles. The molecule has 28 heavy (non-hydrogen) atoms. The zero-order valence-electron chi connectivity index (χ0n) is 16.6. The van der Waals surface area contributed by atoms with Gasteiger partial charge >= 0.3 is 5.97 Å². The van der Waals surface area contributed by atoms with E-state index >= 15 is 0 Å². The molecule has 1 aromatic rings. The number of carboxylic acid groups (broad SMARTS) is 1. The number of rotatable bonds is 4. The van der Waals surface area contributed by atoms with Crippen LogP contribution in [0.5, 0.6) is 5.75 Å². The third-order valence-corrected chi connectivity index (χ3v) is 6.49. The molecule has 2 saturated heterocycles. The van der Waals surface area contributed by atoms with Crippen LogP contribution in [0.1, 0.15) is 64.0 Å². The second-order valence-electron chi connectivity index (χ2n) is 8.72. The van der Waals surface area contributed by atoms with Gasteiger partial charge in [0.1, 0.15) is 11.4 Å². The number of carboxylic acids is 1. The Kier molecular flexibility index (Phi) is 5.08. The topological polar surface area (TPSA) is 76.1 Å². The van der Waals surface area contributed by atoms with E-state index in [1.165, 1.54) is 0 Å². The molecule has 4 atom stereocenters. The van der Waals surface area contributed by atoms with Gasteiger partial charge in [0.15, 0.2) is 0 Å². The average Bonchev–Trinajstić information content (AvgIpc) is 2.65. The van der Waals surface area contributed by atoms with Crippen molar-refractivity contribution in [1.82, 2.24) is 4.90 Å². The zero-order valence-corrected chi connectivity index (χ0v) is 16.6. The molecule has 1 amide bonds. The predicted octanol–water partition coefficient (Wildman–Crippen LogP) is 3.55. The highest BCUT2D eigenvalue weighted by Gasteiger charge is 2.52.